The molecule has 1 fully saturated rings. The molecule has 1 aromatic rings. The van der Waals surface area contributed by atoms with Crippen molar-refractivity contribution in [2.24, 2.45) is 0 Å². The van der Waals surface area contributed by atoms with Gasteiger partial charge in [0.15, 0.2) is 0 Å². The maximum atomic E-state index is 12.3. The number of hydrogen-bond acceptors (Lipinski definition) is 3. The number of anilines is 1. The van der Waals surface area contributed by atoms with Gasteiger partial charge >= 0.3 is 5.97 Å². The maximum absolute atomic E-state index is 12.3. The van der Waals surface area contributed by atoms with Crippen molar-refractivity contribution in [1.29, 1.82) is 0 Å². The van der Waals surface area contributed by atoms with Crippen LogP contribution in [0, 0.1) is 0 Å². The van der Waals surface area contributed by atoms with Crippen LogP contribution < -0.4 is 5.32 Å². The molecule has 1 saturated heterocycles. The van der Waals surface area contributed by atoms with Crippen molar-refractivity contribution >= 4 is 29.2 Å². The summed E-state index contributed by atoms with van der Waals surface area (Å²) in [5, 5.41) is 12.3. The molecule has 1 heterocycles. The van der Waals surface area contributed by atoms with E-state index in [4.69, 9.17) is 16.7 Å². The SMILES string of the molecule is O=C(O)C[C@@H](C(=O)Nc1ccc(Cl)cc1)N1CCCC1. The number of carbonyl (C=O) groups excluding carboxylic acids is 1. The Bertz CT molecular complexity index is 484. The third-order valence-electron chi connectivity index (χ3n) is 3.36. The summed E-state index contributed by atoms with van der Waals surface area (Å²) in [5.74, 6) is -1.25. The highest BCUT2D eigenvalue weighted by atomic mass is 35.5. The molecule has 2 N–H and O–H groups in total. The number of nitrogens with one attached hydrogen (secondary N) is 1. The molecular formula is C14H17ClN2O3. The Labute approximate surface area is 122 Å². The normalized spacial score (nSPS) is 16.9. The van der Waals surface area contributed by atoms with Gasteiger partial charge < -0.3 is 10.4 Å². The number of likely N-dealkylation sites (tertiary alicyclic amines) is 1. The van der Waals surface area contributed by atoms with E-state index in [1.807, 2.05) is 4.90 Å². The fourth-order valence-corrected chi connectivity index (χ4v) is 2.49. The van der Waals surface area contributed by atoms with Gasteiger partial charge in [-0.1, -0.05) is 11.6 Å². The van der Waals surface area contributed by atoms with Crippen molar-refractivity contribution in [2.75, 3.05) is 18.4 Å². The summed E-state index contributed by atoms with van der Waals surface area (Å²) in [5.41, 5.74) is 0.619. The second kappa shape index (κ2) is 6.72. The number of carboxylic acids is 1. The van der Waals surface area contributed by atoms with Gasteiger partial charge in [-0.3, -0.25) is 14.5 Å². The molecule has 1 aliphatic rings. The zero-order valence-corrected chi connectivity index (χ0v) is 11.8. The lowest BCUT2D eigenvalue weighted by Gasteiger charge is -2.25. The predicted molar refractivity (Wildman–Crippen MR) is 76.9 cm³/mol. The van der Waals surface area contributed by atoms with E-state index < -0.39 is 12.0 Å². The van der Waals surface area contributed by atoms with Crippen molar-refractivity contribution in [3.8, 4) is 0 Å². The summed E-state index contributed by atoms with van der Waals surface area (Å²) >= 11 is 5.78. The van der Waals surface area contributed by atoms with Crippen LogP contribution in [-0.4, -0.2) is 41.0 Å². The van der Waals surface area contributed by atoms with Gasteiger partial charge in [-0.15, -0.1) is 0 Å². The van der Waals surface area contributed by atoms with Crippen molar-refractivity contribution in [1.82, 2.24) is 4.90 Å². The number of halogens is 1. The lowest BCUT2D eigenvalue weighted by Crippen LogP contribution is -2.43. The van der Waals surface area contributed by atoms with E-state index in [1.54, 1.807) is 24.3 Å². The molecule has 0 radical (unpaired) electrons. The minimum absolute atomic E-state index is 0.181. The Morgan fingerprint density at radius 1 is 1.25 bits per heavy atom. The van der Waals surface area contributed by atoms with Crippen LogP contribution in [0.1, 0.15) is 19.3 Å². The Morgan fingerprint density at radius 2 is 1.85 bits per heavy atom. The van der Waals surface area contributed by atoms with Crippen molar-refractivity contribution < 1.29 is 14.7 Å². The molecule has 6 heteroatoms. The summed E-state index contributed by atoms with van der Waals surface area (Å²) in [6.45, 7) is 1.54. The summed E-state index contributed by atoms with van der Waals surface area (Å²) in [6, 6.07) is 6.13. The van der Waals surface area contributed by atoms with E-state index in [0.717, 1.165) is 25.9 Å². The number of hydrogen-bond donors (Lipinski definition) is 2. The van der Waals surface area contributed by atoms with Gasteiger partial charge in [-0.25, -0.2) is 0 Å². The number of benzene rings is 1. The van der Waals surface area contributed by atoms with E-state index in [0.29, 0.717) is 10.7 Å². The standard InChI is InChI=1S/C14H17ClN2O3/c15-10-3-5-11(6-4-10)16-14(20)12(9-13(18)19)17-7-1-2-8-17/h3-6,12H,1-2,7-9H2,(H,16,20)(H,18,19)/t12-/m0/s1. The molecule has 1 aromatic carbocycles. The molecule has 5 nitrogen and oxygen atoms in total. The smallest absolute Gasteiger partial charge is 0.305 e. The van der Waals surface area contributed by atoms with Crippen LogP contribution in [-0.2, 0) is 9.59 Å². The van der Waals surface area contributed by atoms with Crippen molar-refractivity contribution in [2.45, 2.75) is 25.3 Å². The molecule has 1 aliphatic heterocycles. The number of carboxylic acid groups (broad SMARTS) is 1. The van der Waals surface area contributed by atoms with Crippen LogP contribution in [0.2, 0.25) is 5.02 Å². The zero-order chi connectivity index (χ0) is 14.5. The second-order valence-corrected chi connectivity index (χ2v) is 5.29. The first-order valence-electron chi connectivity index (χ1n) is 6.58. The Morgan fingerprint density at radius 3 is 2.40 bits per heavy atom. The van der Waals surface area contributed by atoms with E-state index in [2.05, 4.69) is 5.32 Å². The average molecular weight is 297 g/mol. The lowest BCUT2D eigenvalue weighted by molar-refractivity contribution is -0.140. The molecular weight excluding hydrogens is 280 g/mol. The Kier molecular flexibility index (Phi) is 4.98. The monoisotopic (exact) mass is 296 g/mol. The molecule has 0 aliphatic carbocycles. The lowest BCUT2D eigenvalue weighted by atomic mass is 10.1. The quantitative estimate of drug-likeness (QED) is 0.874. The van der Waals surface area contributed by atoms with E-state index >= 15 is 0 Å². The van der Waals surface area contributed by atoms with Crippen LogP contribution in [0.25, 0.3) is 0 Å². The number of amides is 1. The van der Waals surface area contributed by atoms with Crippen molar-refractivity contribution in [3.63, 3.8) is 0 Å². The van der Waals surface area contributed by atoms with Crippen LogP contribution in [0.3, 0.4) is 0 Å². The first kappa shape index (κ1) is 14.8. The first-order chi connectivity index (χ1) is 9.56. The largest absolute Gasteiger partial charge is 0.481 e. The fourth-order valence-electron chi connectivity index (χ4n) is 2.37. The van der Waals surface area contributed by atoms with Gasteiger partial charge in [-0.2, -0.15) is 0 Å². The molecule has 0 aromatic heterocycles. The van der Waals surface area contributed by atoms with Crippen LogP contribution in [0.4, 0.5) is 5.69 Å². The van der Waals surface area contributed by atoms with E-state index in [1.165, 1.54) is 0 Å². The van der Waals surface area contributed by atoms with Crippen LogP contribution in [0.5, 0.6) is 0 Å². The summed E-state index contributed by atoms with van der Waals surface area (Å²) in [4.78, 5) is 25.1. The number of nitrogens with zero attached hydrogens (tertiary/aromatic N) is 1. The molecule has 0 bridgehead atoms. The third-order valence-corrected chi connectivity index (χ3v) is 3.62. The number of rotatable bonds is 5. The van der Waals surface area contributed by atoms with Gasteiger partial charge in [0.25, 0.3) is 0 Å². The van der Waals surface area contributed by atoms with E-state index in [-0.39, 0.29) is 12.3 Å². The highest BCUT2D eigenvalue weighted by Crippen LogP contribution is 2.18. The molecule has 1 atom stereocenters. The summed E-state index contributed by atoms with van der Waals surface area (Å²) in [6.07, 6.45) is 1.83. The third kappa shape index (κ3) is 3.95. The van der Waals surface area contributed by atoms with Gasteiger partial charge in [0.05, 0.1) is 6.42 Å². The molecule has 2 rings (SSSR count). The minimum atomic E-state index is -0.965. The molecule has 108 valence electrons. The van der Waals surface area contributed by atoms with Gasteiger partial charge in [0, 0.05) is 10.7 Å². The molecule has 20 heavy (non-hydrogen) atoms. The molecule has 0 saturated carbocycles. The highest BCUT2D eigenvalue weighted by molar-refractivity contribution is 6.30. The fraction of sp³-hybridized carbons (Fsp3) is 0.429. The van der Waals surface area contributed by atoms with Crippen molar-refractivity contribution in [3.05, 3.63) is 29.3 Å². The number of carbonyl (C=O) groups is 2. The second-order valence-electron chi connectivity index (χ2n) is 4.85. The van der Waals surface area contributed by atoms with E-state index in [9.17, 15) is 9.59 Å². The molecule has 1 amide bonds. The minimum Gasteiger partial charge on any atom is -0.481 e. The first-order valence-corrected chi connectivity index (χ1v) is 6.96. The topological polar surface area (TPSA) is 69.6 Å². The average Bonchev–Trinajstić information content (AvgIpc) is 2.92. The zero-order valence-electron chi connectivity index (χ0n) is 11.0. The molecule has 0 unspecified atom stereocenters. The summed E-state index contributed by atoms with van der Waals surface area (Å²) in [7, 11) is 0. The van der Waals surface area contributed by atoms with Gasteiger partial charge in [0.2, 0.25) is 5.91 Å². The maximum Gasteiger partial charge on any atom is 0.305 e. The van der Waals surface area contributed by atoms with Crippen LogP contribution >= 0.6 is 11.6 Å². The van der Waals surface area contributed by atoms with Gasteiger partial charge in [-0.05, 0) is 50.2 Å². The van der Waals surface area contributed by atoms with Crippen LogP contribution in [0.15, 0.2) is 24.3 Å². The Hall–Kier alpha value is -1.59. The van der Waals surface area contributed by atoms with Gasteiger partial charge in [0.1, 0.15) is 6.04 Å². The highest BCUT2D eigenvalue weighted by Gasteiger charge is 2.30. The Balaban J connectivity index is 2.05. The predicted octanol–water partition coefficient (Wildman–Crippen LogP) is 2.22. The molecule has 0 spiro atoms. The number of aliphatic carboxylic acids is 1. The summed E-state index contributed by atoms with van der Waals surface area (Å²) < 4.78 is 0.